The van der Waals surface area contributed by atoms with Crippen molar-refractivity contribution < 1.29 is 18.6 Å². The number of halogens is 2. The van der Waals surface area contributed by atoms with Crippen LogP contribution < -0.4 is 4.74 Å². The number of hydrogen-bond acceptors (Lipinski definition) is 4. The van der Waals surface area contributed by atoms with E-state index in [0.717, 1.165) is 12.5 Å². The van der Waals surface area contributed by atoms with E-state index < -0.39 is 17.5 Å². The molecule has 1 heterocycles. The normalized spacial score (nSPS) is 15.4. The van der Waals surface area contributed by atoms with Crippen LogP contribution in [0.3, 0.4) is 0 Å². The number of nitrogens with zero attached hydrogens (tertiary/aromatic N) is 2. The number of alkyl halides is 2. The molecule has 4 nitrogen and oxygen atoms in total. The monoisotopic (exact) mass is 320 g/mol. The van der Waals surface area contributed by atoms with Crippen LogP contribution in [0.1, 0.15) is 31.4 Å². The van der Waals surface area contributed by atoms with Gasteiger partial charge in [-0.3, -0.25) is 0 Å². The van der Waals surface area contributed by atoms with Gasteiger partial charge < -0.3 is 9.84 Å². The zero-order valence-corrected chi connectivity index (χ0v) is 12.8. The first kappa shape index (κ1) is 15.6. The van der Waals surface area contributed by atoms with Crippen molar-refractivity contribution in [1.82, 2.24) is 9.97 Å². The molecule has 23 heavy (non-hydrogen) atoms. The average molecular weight is 320 g/mol. The van der Waals surface area contributed by atoms with E-state index in [4.69, 9.17) is 4.74 Å². The zero-order valence-electron chi connectivity index (χ0n) is 12.8. The topological polar surface area (TPSA) is 55.2 Å². The molecule has 0 saturated heterocycles. The highest BCUT2D eigenvalue weighted by molar-refractivity contribution is 5.76. The van der Waals surface area contributed by atoms with Crippen LogP contribution in [-0.2, 0) is 5.92 Å². The fourth-order valence-electron chi connectivity index (χ4n) is 2.42. The quantitative estimate of drug-likeness (QED) is 0.811. The number of aromatic hydroxyl groups is 1. The highest BCUT2D eigenvalue weighted by Gasteiger charge is 2.34. The fraction of sp³-hybridized carbons (Fsp3) is 0.412. The van der Waals surface area contributed by atoms with Gasteiger partial charge >= 0.3 is 5.92 Å². The van der Waals surface area contributed by atoms with Crippen LogP contribution in [0.2, 0.25) is 0 Å². The molecule has 1 fully saturated rings. The summed E-state index contributed by atoms with van der Waals surface area (Å²) in [5, 5.41) is 9.83. The van der Waals surface area contributed by atoms with Gasteiger partial charge in [-0.25, -0.2) is 9.97 Å². The van der Waals surface area contributed by atoms with Gasteiger partial charge in [0.05, 0.1) is 18.1 Å². The SMILES string of the molecule is COc1ccc2nc(C(F)(F)/C=C/CCC3CC3)c(O)nc2c1. The Bertz CT molecular complexity index is 743. The molecule has 1 saturated carbocycles. The Balaban J connectivity index is 1.85. The third-order valence-electron chi connectivity index (χ3n) is 3.93. The minimum Gasteiger partial charge on any atom is -0.497 e. The Labute approximate surface area is 132 Å². The van der Waals surface area contributed by atoms with E-state index in [1.807, 2.05) is 0 Å². The molecular formula is C17H18F2N2O2. The summed E-state index contributed by atoms with van der Waals surface area (Å²) in [5.74, 6) is -2.90. The number of hydrogen-bond donors (Lipinski definition) is 1. The predicted molar refractivity (Wildman–Crippen MR) is 82.7 cm³/mol. The third-order valence-corrected chi connectivity index (χ3v) is 3.93. The molecule has 3 rings (SSSR count). The molecule has 1 aromatic heterocycles. The number of rotatable bonds is 6. The van der Waals surface area contributed by atoms with Crippen molar-refractivity contribution in [2.24, 2.45) is 5.92 Å². The first-order valence-corrected chi connectivity index (χ1v) is 7.60. The maximum Gasteiger partial charge on any atom is 0.313 e. The molecule has 0 bridgehead atoms. The minimum absolute atomic E-state index is 0.282. The van der Waals surface area contributed by atoms with Crippen molar-refractivity contribution in [2.75, 3.05) is 7.11 Å². The molecule has 1 aliphatic carbocycles. The lowest BCUT2D eigenvalue weighted by atomic mass is 10.1. The highest BCUT2D eigenvalue weighted by Crippen LogP contribution is 2.36. The molecule has 1 aliphatic rings. The minimum atomic E-state index is -3.35. The molecule has 6 heteroatoms. The third kappa shape index (κ3) is 3.57. The van der Waals surface area contributed by atoms with Gasteiger partial charge in [0, 0.05) is 6.07 Å². The second-order valence-electron chi connectivity index (χ2n) is 5.80. The summed E-state index contributed by atoms with van der Waals surface area (Å²) in [6.07, 6.45) is 6.20. The maximum atomic E-state index is 14.3. The molecular weight excluding hydrogens is 302 g/mol. The highest BCUT2D eigenvalue weighted by atomic mass is 19.3. The largest absolute Gasteiger partial charge is 0.497 e. The van der Waals surface area contributed by atoms with Gasteiger partial charge in [0.2, 0.25) is 5.88 Å². The van der Waals surface area contributed by atoms with E-state index in [9.17, 15) is 13.9 Å². The molecule has 0 aliphatic heterocycles. The lowest BCUT2D eigenvalue weighted by molar-refractivity contribution is 0.0437. The van der Waals surface area contributed by atoms with E-state index in [2.05, 4.69) is 9.97 Å². The van der Waals surface area contributed by atoms with Crippen molar-refractivity contribution >= 4 is 11.0 Å². The summed E-state index contributed by atoms with van der Waals surface area (Å²) in [6, 6.07) is 4.69. The van der Waals surface area contributed by atoms with Gasteiger partial charge in [0.15, 0.2) is 5.69 Å². The van der Waals surface area contributed by atoms with Crippen molar-refractivity contribution in [3.05, 3.63) is 36.0 Å². The summed E-state index contributed by atoms with van der Waals surface area (Å²) in [5.41, 5.74) is -0.137. The second-order valence-corrected chi connectivity index (χ2v) is 5.80. The lowest BCUT2D eigenvalue weighted by Gasteiger charge is -2.13. The zero-order chi connectivity index (χ0) is 16.4. The molecule has 0 amide bonds. The molecule has 1 aromatic carbocycles. The molecule has 0 spiro atoms. The second kappa shape index (κ2) is 6.10. The Morgan fingerprint density at radius 3 is 2.78 bits per heavy atom. The van der Waals surface area contributed by atoms with E-state index in [1.165, 1.54) is 38.2 Å². The number of benzene rings is 1. The van der Waals surface area contributed by atoms with E-state index in [0.29, 0.717) is 23.6 Å². The average Bonchev–Trinajstić information content (AvgIpc) is 3.34. The molecule has 2 aromatic rings. The summed E-state index contributed by atoms with van der Waals surface area (Å²) in [6.45, 7) is 0. The number of aromatic nitrogens is 2. The van der Waals surface area contributed by atoms with Gasteiger partial charge in [0.25, 0.3) is 0 Å². The summed E-state index contributed by atoms with van der Waals surface area (Å²) in [4.78, 5) is 7.69. The van der Waals surface area contributed by atoms with Gasteiger partial charge in [-0.05, 0) is 37.0 Å². The van der Waals surface area contributed by atoms with Crippen LogP contribution in [0.4, 0.5) is 8.78 Å². The lowest BCUT2D eigenvalue weighted by Crippen LogP contribution is -2.13. The Morgan fingerprint density at radius 1 is 1.30 bits per heavy atom. The Morgan fingerprint density at radius 2 is 2.09 bits per heavy atom. The summed E-state index contributed by atoms with van der Waals surface area (Å²) in [7, 11) is 1.49. The molecule has 0 radical (unpaired) electrons. The van der Waals surface area contributed by atoms with Gasteiger partial charge in [-0.1, -0.05) is 18.9 Å². The standard InChI is InChI=1S/C17H18F2N2O2/c1-23-12-7-8-13-14(10-12)21-16(22)15(20-13)17(18,19)9-3-2-4-11-5-6-11/h3,7-11H,2,4-6H2,1H3,(H,21,22)/b9-3+. The van der Waals surface area contributed by atoms with Gasteiger partial charge in [-0.15, -0.1) is 0 Å². The first-order chi connectivity index (χ1) is 11.0. The summed E-state index contributed by atoms with van der Waals surface area (Å²) < 4.78 is 33.6. The predicted octanol–water partition coefficient (Wildman–Crippen LogP) is 4.18. The number of methoxy groups -OCH3 is 1. The van der Waals surface area contributed by atoms with E-state index in [-0.39, 0.29) is 5.52 Å². The van der Waals surface area contributed by atoms with Crippen LogP contribution >= 0.6 is 0 Å². The van der Waals surface area contributed by atoms with Gasteiger partial charge in [0.1, 0.15) is 5.75 Å². The first-order valence-electron chi connectivity index (χ1n) is 7.60. The van der Waals surface area contributed by atoms with E-state index in [1.54, 1.807) is 6.07 Å². The van der Waals surface area contributed by atoms with Crippen LogP contribution in [0.15, 0.2) is 30.4 Å². The molecule has 0 atom stereocenters. The summed E-state index contributed by atoms with van der Waals surface area (Å²) >= 11 is 0. The maximum absolute atomic E-state index is 14.3. The number of ether oxygens (including phenoxy) is 1. The number of fused-ring (bicyclic) bond motifs is 1. The molecule has 122 valence electrons. The van der Waals surface area contributed by atoms with Crippen LogP contribution in [0.25, 0.3) is 11.0 Å². The van der Waals surface area contributed by atoms with Crippen LogP contribution in [0.5, 0.6) is 11.6 Å². The van der Waals surface area contributed by atoms with Crippen molar-refractivity contribution in [3.8, 4) is 11.6 Å². The van der Waals surface area contributed by atoms with Crippen LogP contribution in [-0.4, -0.2) is 22.2 Å². The van der Waals surface area contributed by atoms with Crippen molar-refractivity contribution in [1.29, 1.82) is 0 Å². The van der Waals surface area contributed by atoms with Crippen molar-refractivity contribution in [2.45, 2.75) is 31.6 Å². The van der Waals surface area contributed by atoms with Crippen molar-refractivity contribution in [3.63, 3.8) is 0 Å². The molecule has 1 N–H and O–H groups in total. The van der Waals surface area contributed by atoms with Gasteiger partial charge in [-0.2, -0.15) is 8.78 Å². The smallest absolute Gasteiger partial charge is 0.313 e. The van der Waals surface area contributed by atoms with E-state index >= 15 is 0 Å². The Kier molecular flexibility index (Phi) is 4.15. The number of allylic oxidation sites excluding steroid dienone is 2. The van der Waals surface area contributed by atoms with Crippen LogP contribution in [0, 0.1) is 5.92 Å². The molecule has 0 unspecified atom stereocenters. The Hall–Kier alpha value is -2.24. The fourth-order valence-corrected chi connectivity index (χ4v) is 2.42.